The summed E-state index contributed by atoms with van der Waals surface area (Å²) in [6.45, 7) is 2.09. The van der Waals surface area contributed by atoms with Crippen LogP contribution >= 0.6 is 0 Å². The number of carbonyl (C=O) groups is 1. The van der Waals surface area contributed by atoms with E-state index in [2.05, 4.69) is 5.32 Å². The lowest BCUT2D eigenvalue weighted by atomic mass is 10.00. The molecule has 3 N–H and O–H groups in total. The Hall–Kier alpha value is -1.49. The summed E-state index contributed by atoms with van der Waals surface area (Å²) in [6, 6.07) is 3.50. The van der Waals surface area contributed by atoms with Crippen molar-refractivity contribution in [3.8, 4) is 0 Å². The number of hydrogen-bond acceptors (Lipinski definition) is 2. The number of halogens is 2. The summed E-state index contributed by atoms with van der Waals surface area (Å²) in [4.78, 5) is 11.9. The Morgan fingerprint density at radius 1 is 1.42 bits per heavy atom. The Kier molecular flexibility index (Phi) is 4.14. The minimum Gasteiger partial charge on any atom is -0.354 e. The third-order valence-corrected chi connectivity index (χ3v) is 3.58. The Bertz CT molecular complexity index is 475. The van der Waals surface area contributed by atoms with Crippen LogP contribution in [-0.2, 0) is 4.79 Å². The molecule has 3 nitrogen and oxygen atoms in total. The quantitative estimate of drug-likeness (QED) is 0.857. The van der Waals surface area contributed by atoms with Gasteiger partial charge in [-0.15, -0.1) is 0 Å². The highest BCUT2D eigenvalue weighted by Crippen LogP contribution is 2.31. The molecule has 0 aliphatic heterocycles. The van der Waals surface area contributed by atoms with Crippen molar-refractivity contribution < 1.29 is 13.6 Å². The Balaban J connectivity index is 1.91. The first-order valence-corrected chi connectivity index (χ1v) is 6.47. The number of rotatable bonds is 5. The van der Waals surface area contributed by atoms with Crippen LogP contribution in [0.5, 0.6) is 0 Å². The molecule has 1 aliphatic carbocycles. The van der Waals surface area contributed by atoms with Crippen LogP contribution in [0.1, 0.15) is 31.2 Å². The number of benzene rings is 1. The molecule has 1 aromatic carbocycles. The third-order valence-electron chi connectivity index (χ3n) is 3.58. The smallest absolute Gasteiger partial charge is 0.227 e. The fraction of sp³-hybridized carbons (Fsp3) is 0.500. The number of nitrogens with one attached hydrogen (secondary N) is 1. The van der Waals surface area contributed by atoms with E-state index in [9.17, 15) is 13.6 Å². The zero-order valence-corrected chi connectivity index (χ0v) is 10.8. The standard InChI is InChI=1S/C14H18F2N2O/c1-8(10-4-5-11(15)12(16)6-10)14(19)18-7-13(17)9-2-3-9/h4-6,8-9,13H,2-3,7,17H2,1H3,(H,18,19). The van der Waals surface area contributed by atoms with Crippen molar-refractivity contribution >= 4 is 5.91 Å². The average Bonchev–Trinajstić information content (AvgIpc) is 3.22. The van der Waals surface area contributed by atoms with Crippen molar-refractivity contribution in [2.24, 2.45) is 11.7 Å². The molecule has 0 saturated heterocycles. The summed E-state index contributed by atoms with van der Waals surface area (Å²) in [6.07, 6.45) is 2.24. The number of hydrogen-bond donors (Lipinski definition) is 2. The van der Waals surface area contributed by atoms with Crippen molar-refractivity contribution in [3.63, 3.8) is 0 Å². The first-order chi connectivity index (χ1) is 8.99. The van der Waals surface area contributed by atoms with Crippen molar-refractivity contribution in [2.75, 3.05) is 6.54 Å². The lowest BCUT2D eigenvalue weighted by Gasteiger charge is -2.16. The van der Waals surface area contributed by atoms with E-state index in [0.29, 0.717) is 18.0 Å². The average molecular weight is 268 g/mol. The van der Waals surface area contributed by atoms with Gasteiger partial charge in [-0.05, 0) is 43.4 Å². The molecule has 1 fully saturated rings. The fourth-order valence-electron chi connectivity index (χ4n) is 2.00. The maximum absolute atomic E-state index is 13.1. The summed E-state index contributed by atoms with van der Waals surface area (Å²) < 4.78 is 25.9. The molecular formula is C14H18F2N2O. The van der Waals surface area contributed by atoms with Crippen LogP contribution in [-0.4, -0.2) is 18.5 Å². The van der Waals surface area contributed by atoms with Crippen molar-refractivity contribution in [1.82, 2.24) is 5.32 Å². The molecule has 5 heteroatoms. The number of nitrogens with two attached hydrogens (primary N) is 1. The lowest BCUT2D eigenvalue weighted by molar-refractivity contribution is -0.122. The molecule has 0 aromatic heterocycles. The third kappa shape index (κ3) is 3.50. The van der Waals surface area contributed by atoms with Crippen LogP contribution in [0.3, 0.4) is 0 Å². The largest absolute Gasteiger partial charge is 0.354 e. The van der Waals surface area contributed by atoms with E-state index in [0.717, 1.165) is 25.0 Å². The molecule has 2 rings (SSSR count). The summed E-state index contributed by atoms with van der Waals surface area (Å²) in [5.74, 6) is -2.08. The van der Waals surface area contributed by atoms with Crippen LogP contribution in [0, 0.1) is 17.6 Å². The molecule has 1 aliphatic rings. The van der Waals surface area contributed by atoms with Crippen molar-refractivity contribution in [1.29, 1.82) is 0 Å². The van der Waals surface area contributed by atoms with Gasteiger partial charge < -0.3 is 11.1 Å². The number of amides is 1. The molecule has 104 valence electrons. The second-order valence-electron chi connectivity index (χ2n) is 5.14. The Morgan fingerprint density at radius 2 is 2.11 bits per heavy atom. The Morgan fingerprint density at radius 3 is 2.68 bits per heavy atom. The highest BCUT2D eigenvalue weighted by Gasteiger charge is 2.29. The van der Waals surface area contributed by atoms with E-state index >= 15 is 0 Å². The van der Waals surface area contributed by atoms with Gasteiger partial charge in [-0.2, -0.15) is 0 Å². The molecule has 0 bridgehead atoms. The molecule has 19 heavy (non-hydrogen) atoms. The van der Waals surface area contributed by atoms with Crippen LogP contribution in [0.2, 0.25) is 0 Å². The van der Waals surface area contributed by atoms with E-state index < -0.39 is 17.6 Å². The monoisotopic (exact) mass is 268 g/mol. The van der Waals surface area contributed by atoms with Gasteiger partial charge in [-0.25, -0.2) is 8.78 Å². The molecule has 1 saturated carbocycles. The van der Waals surface area contributed by atoms with E-state index in [-0.39, 0.29) is 11.9 Å². The highest BCUT2D eigenvalue weighted by atomic mass is 19.2. The first-order valence-electron chi connectivity index (χ1n) is 6.47. The molecule has 0 spiro atoms. The van der Waals surface area contributed by atoms with Gasteiger partial charge in [-0.3, -0.25) is 4.79 Å². The van der Waals surface area contributed by atoms with Crippen LogP contribution in [0.25, 0.3) is 0 Å². The fourth-order valence-corrected chi connectivity index (χ4v) is 2.00. The molecule has 1 aromatic rings. The van der Waals surface area contributed by atoms with E-state index in [1.807, 2.05) is 0 Å². The molecular weight excluding hydrogens is 250 g/mol. The van der Waals surface area contributed by atoms with Crippen LogP contribution < -0.4 is 11.1 Å². The van der Waals surface area contributed by atoms with Crippen molar-refractivity contribution in [2.45, 2.75) is 31.7 Å². The second-order valence-corrected chi connectivity index (χ2v) is 5.14. The van der Waals surface area contributed by atoms with Gasteiger partial charge in [0.15, 0.2) is 11.6 Å². The minimum absolute atomic E-state index is 0.0129. The highest BCUT2D eigenvalue weighted by molar-refractivity contribution is 5.83. The Labute approximate surface area is 111 Å². The zero-order chi connectivity index (χ0) is 14.0. The van der Waals surface area contributed by atoms with E-state index in [1.165, 1.54) is 6.07 Å². The molecule has 0 heterocycles. The number of carbonyl (C=O) groups excluding carboxylic acids is 1. The summed E-state index contributed by atoms with van der Waals surface area (Å²) in [5, 5.41) is 2.76. The van der Waals surface area contributed by atoms with Gasteiger partial charge in [0.25, 0.3) is 0 Å². The van der Waals surface area contributed by atoms with Gasteiger partial charge in [0.05, 0.1) is 5.92 Å². The normalized spacial score (nSPS) is 17.9. The molecule has 2 atom stereocenters. The summed E-state index contributed by atoms with van der Waals surface area (Å²) in [7, 11) is 0. The van der Waals surface area contributed by atoms with Crippen LogP contribution in [0.4, 0.5) is 8.78 Å². The van der Waals surface area contributed by atoms with Gasteiger partial charge in [0.1, 0.15) is 0 Å². The van der Waals surface area contributed by atoms with Gasteiger partial charge in [-0.1, -0.05) is 6.07 Å². The lowest BCUT2D eigenvalue weighted by Crippen LogP contribution is -2.40. The SMILES string of the molecule is CC(C(=O)NCC(N)C1CC1)c1ccc(F)c(F)c1. The zero-order valence-electron chi connectivity index (χ0n) is 10.8. The first kappa shape index (κ1) is 13.9. The van der Waals surface area contributed by atoms with Gasteiger partial charge in [0.2, 0.25) is 5.91 Å². The maximum Gasteiger partial charge on any atom is 0.227 e. The maximum atomic E-state index is 13.1. The summed E-state index contributed by atoms with van der Waals surface area (Å²) in [5.41, 5.74) is 6.34. The van der Waals surface area contributed by atoms with E-state index in [1.54, 1.807) is 6.92 Å². The van der Waals surface area contributed by atoms with Gasteiger partial charge >= 0.3 is 0 Å². The molecule has 1 amide bonds. The predicted octanol–water partition coefficient (Wildman–Crippen LogP) is 1.92. The van der Waals surface area contributed by atoms with Crippen molar-refractivity contribution in [3.05, 3.63) is 35.4 Å². The molecule has 2 unspecified atom stereocenters. The topological polar surface area (TPSA) is 55.1 Å². The second kappa shape index (κ2) is 5.65. The van der Waals surface area contributed by atoms with Crippen LogP contribution in [0.15, 0.2) is 18.2 Å². The summed E-state index contributed by atoms with van der Waals surface area (Å²) >= 11 is 0. The predicted molar refractivity (Wildman–Crippen MR) is 68.5 cm³/mol. The molecule has 0 radical (unpaired) electrons. The minimum atomic E-state index is -0.938. The van der Waals surface area contributed by atoms with E-state index in [4.69, 9.17) is 5.73 Å². The van der Waals surface area contributed by atoms with Gasteiger partial charge in [0, 0.05) is 12.6 Å².